The first kappa shape index (κ1) is 20.3. The standard InChI is InChI=1S/C14H15F5O4S/c1-4-5-8-6-7-9(12(20)23-2)10(11(8)24(3,21)22)13(15,16)14(17,18)19/h6-7H,4-5H2,1-3H3. The number of methoxy groups -OCH3 is 1. The zero-order valence-electron chi connectivity index (χ0n) is 13.0. The average molecular weight is 374 g/mol. The highest BCUT2D eigenvalue weighted by atomic mass is 32.2. The number of rotatable bonds is 5. The highest BCUT2D eigenvalue weighted by Crippen LogP contribution is 2.48. The minimum Gasteiger partial charge on any atom is -0.465 e. The van der Waals surface area contributed by atoms with E-state index in [1.807, 2.05) is 0 Å². The molecule has 0 aromatic heterocycles. The summed E-state index contributed by atoms with van der Waals surface area (Å²) in [5, 5.41) is 0. The van der Waals surface area contributed by atoms with Gasteiger partial charge in [-0.15, -0.1) is 0 Å². The van der Waals surface area contributed by atoms with Crippen LogP contribution < -0.4 is 0 Å². The third-order valence-corrected chi connectivity index (χ3v) is 4.41. The lowest BCUT2D eigenvalue weighted by Gasteiger charge is -2.25. The fourth-order valence-electron chi connectivity index (χ4n) is 2.25. The largest absolute Gasteiger partial charge is 0.465 e. The fraction of sp³-hybridized carbons (Fsp3) is 0.500. The molecule has 0 saturated carbocycles. The van der Waals surface area contributed by atoms with E-state index in [4.69, 9.17) is 0 Å². The van der Waals surface area contributed by atoms with Crippen LogP contribution in [0.15, 0.2) is 17.0 Å². The van der Waals surface area contributed by atoms with Gasteiger partial charge in [-0.3, -0.25) is 0 Å². The van der Waals surface area contributed by atoms with Gasteiger partial charge < -0.3 is 4.74 Å². The number of alkyl halides is 5. The summed E-state index contributed by atoms with van der Waals surface area (Å²) in [6.45, 7) is 1.60. The molecule has 0 atom stereocenters. The van der Waals surface area contributed by atoms with Crippen LogP contribution in [0.4, 0.5) is 22.0 Å². The summed E-state index contributed by atoms with van der Waals surface area (Å²) in [6.07, 6.45) is -5.32. The van der Waals surface area contributed by atoms with E-state index in [0.717, 1.165) is 19.2 Å². The van der Waals surface area contributed by atoms with Crippen LogP contribution in [0.25, 0.3) is 0 Å². The Morgan fingerprint density at radius 3 is 2.08 bits per heavy atom. The zero-order chi connectivity index (χ0) is 18.9. The SMILES string of the molecule is CCCc1ccc(C(=O)OC)c(C(F)(F)C(F)(F)F)c1S(C)(=O)=O. The number of benzene rings is 1. The third-order valence-electron chi connectivity index (χ3n) is 3.20. The van der Waals surface area contributed by atoms with Gasteiger partial charge in [-0.25, -0.2) is 13.2 Å². The lowest BCUT2D eigenvalue weighted by molar-refractivity contribution is -0.290. The summed E-state index contributed by atoms with van der Waals surface area (Å²) >= 11 is 0. The van der Waals surface area contributed by atoms with Gasteiger partial charge in [0.1, 0.15) is 0 Å². The molecule has 0 radical (unpaired) electrons. The number of carbonyl (C=O) groups excluding carboxylic acids is 1. The average Bonchev–Trinajstić information content (AvgIpc) is 2.43. The maximum absolute atomic E-state index is 14.0. The van der Waals surface area contributed by atoms with E-state index in [9.17, 15) is 35.2 Å². The highest BCUT2D eigenvalue weighted by Gasteiger charge is 2.61. The van der Waals surface area contributed by atoms with Gasteiger partial charge in [-0.2, -0.15) is 22.0 Å². The summed E-state index contributed by atoms with van der Waals surface area (Å²) < 4.78 is 94.7. The maximum atomic E-state index is 14.0. The quantitative estimate of drug-likeness (QED) is 0.585. The molecular weight excluding hydrogens is 359 g/mol. The fourth-order valence-corrected chi connectivity index (χ4v) is 3.50. The van der Waals surface area contributed by atoms with Crippen LogP contribution in [0.3, 0.4) is 0 Å². The van der Waals surface area contributed by atoms with E-state index in [1.165, 1.54) is 0 Å². The molecule has 0 unspecified atom stereocenters. The molecule has 1 rings (SSSR count). The lowest BCUT2D eigenvalue weighted by Crippen LogP contribution is -2.37. The molecule has 0 aliphatic rings. The van der Waals surface area contributed by atoms with Crippen molar-refractivity contribution >= 4 is 15.8 Å². The number of hydrogen-bond donors (Lipinski definition) is 0. The Morgan fingerprint density at radius 1 is 1.17 bits per heavy atom. The summed E-state index contributed by atoms with van der Waals surface area (Å²) in [5.74, 6) is -7.03. The van der Waals surface area contributed by atoms with E-state index in [2.05, 4.69) is 4.74 Å². The van der Waals surface area contributed by atoms with Crippen molar-refractivity contribution in [3.05, 3.63) is 28.8 Å². The van der Waals surface area contributed by atoms with Crippen LogP contribution in [0, 0.1) is 0 Å². The number of esters is 1. The Hall–Kier alpha value is -1.71. The van der Waals surface area contributed by atoms with Crippen molar-refractivity contribution < 1.29 is 39.9 Å². The summed E-state index contributed by atoms with van der Waals surface area (Å²) in [4.78, 5) is 10.5. The Morgan fingerprint density at radius 2 is 1.71 bits per heavy atom. The second-order valence-corrected chi connectivity index (χ2v) is 7.01. The number of hydrogen-bond acceptors (Lipinski definition) is 4. The highest BCUT2D eigenvalue weighted by molar-refractivity contribution is 7.90. The van der Waals surface area contributed by atoms with Gasteiger partial charge in [0.2, 0.25) is 0 Å². The van der Waals surface area contributed by atoms with E-state index < -0.39 is 43.9 Å². The minimum absolute atomic E-state index is 0.0508. The molecular formula is C14H15F5O4S. The van der Waals surface area contributed by atoms with Crippen molar-refractivity contribution in [3.8, 4) is 0 Å². The van der Waals surface area contributed by atoms with Crippen LogP contribution in [-0.4, -0.2) is 33.9 Å². The number of sulfone groups is 1. The third kappa shape index (κ3) is 3.68. The summed E-state index contributed by atoms with van der Waals surface area (Å²) in [6, 6.07) is 1.77. The molecule has 0 fully saturated rings. The van der Waals surface area contributed by atoms with E-state index >= 15 is 0 Å². The molecule has 1 aromatic rings. The topological polar surface area (TPSA) is 60.4 Å². The van der Waals surface area contributed by atoms with Crippen LogP contribution in [0.1, 0.15) is 34.8 Å². The van der Waals surface area contributed by atoms with Crippen LogP contribution in [0.5, 0.6) is 0 Å². The maximum Gasteiger partial charge on any atom is 0.458 e. The molecule has 0 heterocycles. The molecule has 136 valence electrons. The first-order valence-corrected chi connectivity index (χ1v) is 8.57. The molecule has 4 nitrogen and oxygen atoms in total. The predicted octanol–water partition coefficient (Wildman–Crippen LogP) is 3.48. The Bertz CT molecular complexity index is 738. The molecule has 0 aliphatic heterocycles. The molecule has 24 heavy (non-hydrogen) atoms. The number of aryl methyl sites for hydroxylation is 1. The van der Waals surface area contributed by atoms with Crippen LogP contribution in [0.2, 0.25) is 0 Å². The second kappa shape index (κ2) is 6.66. The van der Waals surface area contributed by atoms with E-state index in [1.54, 1.807) is 6.92 Å². The minimum atomic E-state index is -6.08. The summed E-state index contributed by atoms with van der Waals surface area (Å²) in [7, 11) is -3.69. The van der Waals surface area contributed by atoms with Gasteiger partial charge in [-0.05, 0) is 18.1 Å². The van der Waals surface area contributed by atoms with Crippen molar-refractivity contribution in [1.82, 2.24) is 0 Å². The van der Waals surface area contributed by atoms with Crippen LogP contribution >= 0.6 is 0 Å². The van der Waals surface area contributed by atoms with Gasteiger partial charge in [0, 0.05) is 6.26 Å². The van der Waals surface area contributed by atoms with Crippen molar-refractivity contribution in [3.63, 3.8) is 0 Å². The van der Waals surface area contributed by atoms with E-state index in [-0.39, 0.29) is 12.0 Å². The molecule has 0 N–H and O–H groups in total. The molecule has 0 amide bonds. The van der Waals surface area contributed by atoms with Crippen molar-refractivity contribution in [2.75, 3.05) is 13.4 Å². The first-order valence-electron chi connectivity index (χ1n) is 6.68. The normalized spacial score (nSPS) is 13.0. The number of ether oxygens (including phenoxy) is 1. The lowest BCUT2D eigenvalue weighted by atomic mass is 9.96. The molecule has 0 bridgehead atoms. The van der Waals surface area contributed by atoms with Gasteiger partial charge in [0.05, 0.1) is 23.1 Å². The number of carbonyl (C=O) groups is 1. The Balaban J connectivity index is 4.05. The Kier molecular flexibility index (Phi) is 5.64. The molecule has 0 aliphatic carbocycles. The van der Waals surface area contributed by atoms with Crippen molar-refractivity contribution in [1.29, 1.82) is 0 Å². The van der Waals surface area contributed by atoms with Gasteiger partial charge in [0.25, 0.3) is 0 Å². The van der Waals surface area contributed by atoms with Gasteiger partial charge >= 0.3 is 18.1 Å². The molecule has 0 saturated heterocycles. The number of halogens is 5. The smallest absolute Gasteiger partial charge is 0.458 e. The molecule has 1 aromatic carbocycles. The first-order chi connectivity index (χ1) is 10.8. The second-order valence-electron chi connectivity index (χ2n) is 5.06. The van der Waals surface area contributed by atoms with Crippen LogP contribution in [-0.2, 0) is 26.9 Å². The predicted molar refractivity (Wildman–Crippen MR) is 74.8 cm³/mol. The van der Waals surface area contributed by atoms with Crippen molar-refractivity contribution in [2.45, 2.75) is 36.8 Å². The molecule has 10 heteroatoms. The van der Waals surface area contributed by atoms with Gasteiger partial charge in [0.15, 0.2) is 9.84 Å². The van der Waals surface area contributed by atoms with Crippen molar-refractivity contribution in [2.24, 2.45) is 0 Å². The monoisotopic (exact) mass is 374 g/mol. The molecule has 0 spiro atoms. The van der Waals surface area contributed by atoms with Gasteiger partial charge in [-0.1, -0.05) is 19.4 Å². The Labute approximate surface area is 135 Å². The zero-order valence-corrected chi connectivity index (χ0v) is 13.8. The summed E-state index contributed by atoms with van der Waals surface area (Å²) in [5.41, 5.74) is -3.25. The van der Waals surface area contributed by atoms with E-state index in [0.29, 0.717) is 12.7 Å².